The topological polar surface area (TPSA) is 63.3 Å². The molecule has 1 atom stereocenters. The molecular weight excluding hydrogens is 276 g/mol. The van der Waals surface area contributed by atoms with Crippen molar-refractivity contribution in [2.45, 2.75) is 18.8 Å². The summed E-state index contributed by atoms with van der Waals surface area (Å²) in [7, 11) is 0. The highest BCUT2D eigenvalue weighted by Crippen LogP contribution is 2.35. The normalized spacial score (nSPS) is 13.7. The van der Waals surface area contributed by atoms with E-state index >= 15 is 0 Å². The highest BCUT2D eigenvalue weighted by molar-refractivity contribution is 5.83. The van der Waals surface area contributed by atoms with Crippen LogP contribution >= 0.6 is 0 Å². The van der Waals surface area contributed by atoms with Crippen molar-refractivity contribution >= 4 is 11.7 Å². The lowest BCUT2D eigenvalue weighted by atomic mass is 9.76. The zero-order valence-electron chi connectivity index (χ0n) is 11.4. The molecular formula is C16H15F2NO2. The van der Waals surface area contributed by atoms with Crippen molar-refractivity contribution in [1.82, 2.24) is 0 Å². The van der Waals surface area contributed by atoms with Crippen molar-refractivity contribution in [2.24, 2.45) is 0 Å². The molecule has 0 aliphatic carbocycles. The minimum absolute atomic E-state index is 0.00769. The van der Waals surface area contributed by atoms with E-state index in [1.807, 2.05) is 0 Å². The van der Waals surface area contributed by atoms with Crippen molar-refractivity contribution < 1.29 is 18.7 Å². The van der Waals surface area contributed by atoms with E-state index in [9.17, 15) is 18.7 Å². The van der Waals surface area contributed by atoms with Crippen molar-refractivity contribution in [3.63, 3.8) is 0 Å². The van der Waals surface area contributed by atoms with Crippen molar-refractivity contribution in [2.75, 3.05) is 5.73 Å². The quantitative estimate of drug-likeness (QED) is 0.851. The average molecular weight is 291 g/mol. The Labute approximate surface area is 121 Å². The molecule has 110 valence electrons. The Morgan fingerprint density at radius 2 is 1.81 bits per heavy atom. The molecule has 0 amide bonds. The van der Waals surface area contributed by atoms with Gasteiger partial charge in [-0.05, 0) is 31.0 Å². The predicted octanol–water partition coefficient (Wildman–Crippen LogP) is 3.13. The van der Waals surface area contributed by atoms with Gasteiger partial charge >= 0.3 is 5.97 Å². The standard InChI is InChI=1S/C16H15F2NO2/c1-16(15(20)21,9-10-5-3-2-4-6-10)13-12(19)8-7-11(17)14(13)18/h2-8H,9,19H2,1H3,(H,20,21). The van der Waals surface area contributed by atoms with Crippen LogP contribution < -0.4 is 5.73 Å². The molecule has 0 bridgehead atoms. The summed E-state index contributed by atoms with van der Waals surface area (Å²) in [4.78, 5) is 11.7. The molecule has 2 rings (SSSR count). The number of carboxylic acid groups (broad SMARTS) is 1. The Morgan fingerprint density at radius 3 is 2.38 bits per heavy atom. The van der Waals surface area contributed by atoms with Crippen LogP contribution in [0.2, 0.25) is 0 Å². The minimum atomic E-state index is -1.66. The van der Waals surface area contributed by atoms with Crippen molar-refractivity contribution in [3.05, 3.63) is 65.2 Å². The lowest BCUT2D eigenvalue weighted by Gasteiger charge is -2.27. The first-order valence-corrected chi connectivity index (χ1v) is 6.37. The van der Waals surface area contributed by atoms with Gasteiger partial charge in [-0.1, -0.05) is 30.3 Å². The number of carbonyl (C=O) groups is 1. The summed E-state index contributed by atoms with van der Waals surface area (Å²) < 4.78 is 27.6. The Bertz CT molecular complexity index is 673. The fourth-order valence-corrected chi connectivity index (χ4v) is 2.40. The molecule has 5 heteroatoms. The number of hydrogen-bond acceptors (Lipinski definition) is 2. The van der Waals surface area contributed by atoms with Gasteiger partial charge in [0, 0.05) is 11.3 Å². The smallest absolute Gasteiger partial charge is 0.314 e. The van der Waals surface area contributed by atoms with Crippen LogP contribution in [0, 0.1) is 11.6 Å². The van der Waals surface area contributed by atoms with Crippen LogP contribution in [-0.4, -0.2) is 11.1 Å². The highest BCUT2D eigenvalue weighted by Gasteiger charge is 2.40. The first-order valence-electron chi connectivity index (χ1n) is 6.37. The first kappa shape index (κ1) is 15.0. The van der Waals surface area contributed by atoms with E-state index in [-0.39, 0.29) is 17.7 Å². The molecule has 1 unspecified atom stereocenters. The number of nitrogen functional groups attached to an aromatic ring is 1. The largest absolute Gasteiger partial charge is 0.481 e. The van der Waals surface area contributed by atoms with E-state index in [0.29, 0.717) is 5.56 Å². The van der Waals surface area contributed by atoms with Gasteiger partial charge in [-0.15, -0.1) is 0 Å². The summed E-state index contributed by atoms with van der Waals surface area (Å²) in [6.07, 6.45) is 0.00769. The van der Waals surface area contributed by atoms with Gasteiger partial charge in [0.1, 0.15) is 0 Å². The maximum absolute atomic E-state index is 14.1. The molecule has 0 spiro atoms. The van der Waals surface area contributed by atoms with Gasteiger partial charge in [0.2, 0.25) is 0 Å². The fraction of sp³-hybridized carbons (Fsp3) is 0.188. The van der Waals surface area contributed by atoms with Gasteiger partial charge in [0.25, 0.3) is 0 Å². The molecule has 2 aromatic carbocycles. The molecule has 0 saturated carbocycles. The van der Waals surface area contributed by atoms with Crippen LogP contribution in [-0.2, 0) is 16.6 Å². The van der Waals surface area contributed by atoms with Crippen LogP contribution in [0.4, 0.5) is 14.5 Å². The summed E-state index contributed by atoms with van der Waals surface area (Å²) in [5, 5.41) is 9.54. The average Bonchev–Trinajstić information content (AvgIpc) is 2.44. The second-order valence-electron chi connectivity index (χ2n) is 5.13. The third kappa shape index (κ3) is 2.72. The van der Waals surface area contributed by atoms with Crippen LogP contribution in [0.5, 0.6) is 0 Å². The van der Waals surface area contributed by atoms with Gasteiger partial charge in [-0.2, -0.15) is 0 Å². The number of carboxylic acids is 1. The Hall–Kier alpha value is -2.43. The Kier molecular flexibility index (Phi) is 3.93. The number of nitrogens with two attached hydrogens (primary N) is 1. The summed E-state index contributed by atoms with van der Waals surface area (Å²) in [5.41, 5.74) is 4.35. The molecule has 0 aromatic heterocycles. The maximum Gasteiger partial charge on any atom is 0.314 e. The molecule has 0 radical (unpaired) electrons. The third-order valence-electron chi connectivity index (χ3n) is 3.55. The molecule has 0 fully saturated rings. The molecule has 0 aliphatic rings. The van der Waals surface area contributed by atoms with E-state index in [1.165, 1.54) is 13.0 Å². The highest BCUT2D eigenvalue weighted by atomic mass is 19.2. The van der Waals surface area contributed by atoms with Crippen LogP contribution in [0.15, 0.2) is 42.5 Å². The summed E-state index contributed by atoms with van der Waals surface area (Å²) in [5.74, 6) is -3.59. The monoisotopic (exact) mass is 291 g/mol. The van der Waals surface area contributed by atoms with Gasteiger partial charge in [0.05, 0.1) is 5.41 Å². The zero-order chi connectivity index (χ0) is 15.6. The van der Waals surface area contributed by atoms with E-state index < -0.39 is 23.0 Å². The SMILES string of the molecule is CC(Cc1ccccc1)(C(=O)O)c1c(N)ccc(F)c1F. The van der Waals surface area contributed by atoms with Gasteiger partial charge < -0.3 is 10.8 Å². The van der Waals surface area contributed by atoms with E-state index in [1.54, 1.807) is 30.3 Å². The van der Waals surface area contributed by atoms with Gasteiger partial charge in [-0.25, -0.2) is 8.78 Å². The number of rotatable bonds is 4. The van der Waals surface area contributed by atoms with Crippen molar-refractivity contribution in [1.29, 1.82) is 0 Å². The van der Waals surface area contributed by atoms with Crippen molar-refractivity contribution in [3.8, 4) is 0 Å². The van der Waals surface area contributed by atoms with Crippen LogP contribution in [0.3, 0.4) is 0 Å². The number of hydrogen-bond donors (Lipinski definition) is 2. The molecule has 0 aliphatic heterocycles. The fourth-order valence-electron chi connectivity index (χ4n) is 2.40. The first-order chi connectivity index (χ1) is 9.86. The van der Waals surface area contributed by atoms with E-state index in [4.69, 9.17) is 5.73 Å². The van der Waals surface area contributed by atoms with E-state index in [0.717, 1.165) is 6.07 Å². The second kappa shape index (κ2) is 5.52. The molecule has 0 heterocycles. The number of anilines is 1. The van der Waals surface area contributed by atoms with Gasteiger partial charge in [-0.3, -0.25) is 4.79 Å². The van der Waals surface area contributed by atoms with Crippen LogP contribution in [0.25, 0.3) is 0 Å². The molecule has 21 heavy (non-hydrogen) atoms. The molecule has 3 nitrogen and oxygen atoms in total. The number of halogens is 2. The third-order valence-corrected chi connectivity index (χ3v) is 3.55. The Morgan fingerprint density at radius 1 is 1.19 bits per heavy atom. The predicted molar refractivity (Wildman–Crippen MR) is 75.9 cm³/mol. The summed E-state index contributed by atoms with van der Waals surface area (Å²) in [6, 6.07) is 10.8. The summed E-state index contributed by atoms with van der Waals surface area (Å²) in [6.45, 7) is 1.34. The lowest BCUT2D eigenvalue weighted by molar-refractivity contribution is -0.143. The molecule has 0 saturated heterocycles. The molecule has 3 N–H and O–H groups in total. The number of benzene rings is 2. The maximum atomic E-state index is 14.1. The minimum Gasteiger partial charge on any atom is -0.481 e. The molecule has 2 aromatic rings. The second-order valence-corrected chi connectivity index (χ2v) is 5.13. The zero-order valence-corrected chi connectivity index (χ0v) is 11.4. The summed E-state index contributed by atoms with van der Waals surface area (Å²) >= 11 is 0. The van der Waals surface area contributed by atoms with E-state index in [2.05, 4.69) is 0 Å². The van der Waals surface area contributed by atoms with Gasteiger partial charge in [0.15, 0.2) is 11.6 Å². The lowest BCUT2D eigenvalue weighted by Crippen LogP contribution is -2.37. The van der Waals surface area contributed by atoms with Crippen LogP contribution in [0.1, 0.15) is 18.1 Å². The Balaban J connectivity index is 2.58. The number of aliphatic carboxylic acids is 1.